The molecule has 3 unspecified atom stereocenters. The Bertz CT molecular complexity index is 250. The monoisotopic (exact) mass is 539 g/mol. The van der Waals surface area contributed by atoms with Crippen molar-refractivity contribution in [3.05, 3.63) is 11.7 Å². The SMILES string of the molecule is COC1CCC(P)CC1.[CH-]1CCCCC1C1CCCC[N-]1.[Cl][Ir+2]. The number of hydrogen-bond acceptors (Lipinski definition) is 1. The minimum absolute atomic E-state index is 0.557. The molecule has 3 aliphatic rings. The first kappa shape index (κ1) is 22.3. The predicted molar refractivity (Wildman–Crippen MR) is 101 cm³/mol. The summed E-state index contributed by atoms with van der Waals surface area (Å²) in [7, 11) is 9.34. The first-order chi connectivity index (χ1) is 11.3. The molecule has 1 heterocycles. The summed E-state index contributed by atoms with van der Waals surface area (Å²) in [5.74, 6) is 0.846. The van der Waals surface area contributed by atoms with Gasteiger partial charge in [0.05, 0.1) is 6.10 Å². The molecule has 0 amide bonds. The molecule has 1 aliphatic heterocycles. The van der Waals surface area contributed by atoms with Gasteiger partial charge in [0, 0.05) is 7.11 Å². The van der Waals surface area contributed by atoms with Crippen molar-refractivity contribution in [2.24, 2.45) is 5.92 Å². The van der Waals surface area contributed by atoms with Gasteiger partial charge in [0.2, 0.25) is 0 Å². The van der Waals surface area contributed by atoms with Crippen molar-refractivity contribution in [2.45, 2.75) is 88.4 Å². The fraction of sp³-hybridized carbons (Fsp3) is 0.944. The van der Waals surface area contributed by atoms with E-state index in [4.69, 9.17) is 10.1 Å². The van der Waals surface area contributed by atoms with Crippen LogP contribution < -0.4 is 0 Å². The number of nitrogens with zero attached hydrogens (tertiary/aromatic N) is 1. The molecule has 0 aromatic rings. The van der Waals surface area contributed by atoms with E-state index in [1.54, 1.807) is 0 Å². The topological polar surface area (TPSA) is 23.3 Å². The summed E-state index contributed by atoms with van der Waals surface area (Å²) in [6.45, 7) is 1.13. The number of hydrogen-bond donors (Lipinski definition) is 0. The first-order valence-electron chi connectivity index (χ1n) is 9.20. The zero-order valence-electron chi connectivity index (χ0n) is 14.5. The van der Waals surface area contributed by atoms with Gasteiger partial charge in [-0.2, -0.15) is 18.4 Å². The van der Waals surface area contributed by atoms with Gasteiger partial charge < -0.3 is 16.5 Å². The van der Waals surface area contributed by atoms with Gasteiger partial charge in [-0.1, -0.05) is 38.5 Å². The summed E-state index contributed by atoms with van der Waals surface area (Å²) >= 11 is 1.47. The average Bonchev–Trinajstić information content (AvgIpc) is 2.66. The molecule has 0 N–H and O–H groups in total. The number of piperidine rings is 1. The van der Waals surface area contributed by atoms with Gasteiger partial charge in [-0.15, -0.1) is 15.8 Å². The quantitative estimate of drug-likeness (QED) is 0.321. The normalized spacial score (nSPS) is 34.4. The van der Waals surface area contributed by atoms with E-state index in [0.29, 0.717) is 12.1 Å². The summed E-state index contributed by atoms with van der Waals surface area (Å²) in [5, 5.41) is 4.72. The van der Waals surface area contributed by atoms with E-state index in [0.717, 1.165) is 18.1 Å². The second-order valence-electron chi connectivity index (χ2n) is 6.93. The van der Waals surface area contributed by atoms with Crippen molar-refractivity contribution in [3.63, 3.8) is 0 Å². The molecular formula is C18H34ClIrNOP. The van der Waals surface area contributed by atoms with Crippen molar-refractivity contribution in [1.82, 2.24) is 0 Å². The van der Waals surface area contributed by atoms with Gasteiger partial charge in [-0.05, 0) is 31.3 Å². The molecule has 0 aromatic heterocycles. The van der Waals surface area contributed by atoms with Gasteiger partial charge >= 0.3 is 27.5 Å². The van der Waals surface area contributed by atoms with Crippen molar-refractivity contribution in [1.29, 1.82) is 0 Å². The maximum atomic E-state index is 5.23. The number of methoxy groups -OCH3 is 1. The summed E-state index contributed by atoms with van der Waals surface area (Å²) in [6.07, 6.45) is 18.0. The zero-order valence-corrected chi connectivity index (χ0v) is 18.8. The second kappa shape index (κ2) is 14.5. The van der Waals surface area contributed by atoms with Crippen LogP contribution in [0.1, 0.15) is 70.6 Å². The molecule has 1 saturated heterocycles. The van der Waals surface area contributed by atoms with Crippen LogP contribution in [0.2, 0.25) is 0 Å². The number of rotatable bonds is 2. The van der Waals surface area contributed by atoms with Crippen LogP contribution in [-0.4, -0.2) is 31.5 Å². The van der Waals surface area contributed by atoms with Gasteiger partial charge in [0.1, 0.15) is 0 Å². The zero-order chi connectivity index (χ0) is 16.9. The Labute approximate surface area is 161 Å². The molecule has 2 saturated carbocycles. The van der Waals surface area contributed by atoms with Gasteiger partial charge in [-0.25, -0.2) is 0 Å². The Morgan fingerprint density at radius 1 is 1.00 bits per heavy atom. The Kier molecular flexibility index (Phi) is 14.0. The van der Waals surface area contributed by atoms with E-state index in [2.05, 4.69) is 25.2 Å². The molecule has 0 radical (unpaired) electrons. The Morgan fingerprint density at radius 2 is 1.70 bits per heavy atom. The Balaban J connectivity index is 0.000000215. The molecule has 2 nitrogen and oxygen atoms in total. The molecular weight excluding hydrogens is 505 g/mol. The summed E-state index contributed by atoms with van der Waals surface area (Å²) < 4.78 is 5.23. The third-order valence-corrected chi connectivity index (χ3v) is 5.95. The minimum atomic E-state index is 0.557. The van der Waals surface area contributed by atoms with E-state index in [9.17, 15) is 0 Å². The van der Waals surface area contributed by atoms with Crippen LogP contribution in [0.4, 0.5) is 0 Å². The van der Waals surface area contributed by atoms with E-state index >= 15 is 0 Å². The third-order valence-electron chi connectivity index (χ3n) is 5.28. The predicted octanol–water partition coefficient (Wildman–Crippen LogP) is 5.81. The second-order valence-corrected chi connectivity index (χ2v) is 7.87. The molecule has 23 heavy (non-hydrogen) atoms. The number of ether oxygens (including phenoxy) is 1. The van der Waals surface area contributed by atoms with Crippen LogP contribution in [0.5, 0.6) is 0 Å². The fourth-order valence-corrected chi connectivity index (χ4v) is 4.20. The molecule has 0 aromatic carbocycles. The molecule has 0 bridgehead atoms. The number of halogens is 1. The Morgan fingerprint density at radius 3 is 2.22 bits per heavy atom. The van der Waals surface area contributed by atoms with Crippen molar-refractivity contribution in [3.8, 4) is 0 Å². The standard InChI is InChI=1S/C11H19N.C7H15OP.ClH.Ir/c1-2-6-10(7-3-1)11-8-4-5-9-12-11;1-8-6-2-4-7(9)5-3-6;;/h6,10-11H,1-5,7-9H2;6-7H,2-5,9H2,1H3;1H;/q-2;;;+3/p-1. The molecule has 3 atom stereocenters. The maximum absolute atomic E-state index is 5.23. The van der Waals surface area contributed by atoms with Crippen molar-refractivity contribution >= 4 is 18.8 Å². The van der Waals surface area contributed by atoms with Crippen LogP contribution in [0.25, 0.3) is 5.32 Å². The van der Waals surface area contributed by atoms with E-state index in [1.165, 1.54) is 88.5 Å². The molecule has 3 fully saturated rings. The molecule has 5 heteroatoms. The van der Waals surface area contributed by atoms with Crippen LogP contribution in [0, 0.1) is 12.3 Å². The van der Waals surface area contributed by atoms with E-state index in [-0.39, 0.29) is 0 Å². The molecule has 2 aliphatic carbocycles. The summed E-state index contributed by atoms with van der Waals surface area (Å²) in [4.78, 5) is 0. The summed E-state index contributed by atoms with van der Waals surface area (Å²) in [6, 6.07) is 0.707. The third kappa shape index (κ3) is 9.53. The molecule has 138 valence electrons. The van der Waals surface area contributed by atoms with Crippen LogP contribution in [0.3, 0.4) is 0 Å². The Hall–Kier alpha value is 1.29. The van der Waals surface area contributed by atoms with E-state index in [1.807, 2.05) is 7.11 Å². The van der Waals surface area contributed by atoms with Crippen molar-refractivity contribution in [2.75, 3.05) is 13.7 Å². The van der Waals surface area contributed by atoms with E-state index < -0.39 is 0 Å². The van der Waals surface area contributed by atoms with Gasteiger partial charge in [0.15, 0.2) is 0 Å². The summed E-state index contributed by atoms with van der Waals surface area (Å²) in [5.41, 5.74) is 0.858. The van der Waals surface area contributed by atoms with Gasteiger partial charge in [-0.3, -0.25) is 0 Å². The van der Waals surface area contributed by atoms with Crippen LogP contribution in [0.15, 0.2) is 0 Å². The molecule has 0 spiro atoms. The van der Waals surface area contributed by atoms with Gasteiger partial charge in [0.25, 0.3) is 0 Å². The van der Waals surface area contributed by atoms with Crippen LogP contribution >= 0.6 is 18.8 Å². The fourth-order valence-electron chi connectivity index (χ4n) is 3.81. The molecule has 3 rings (SSSR count). The first-order valence-corrected chi connectivity index (χ1v) is 12.8. The average molecular weight is 539 g/mol. The van der Waals surface area contributed by atoms with Crippen molar-refractivity contribution < 1.29 is 22.6 Å². The van der Waals surface area contributed by atoms with Crippen LogP contribution in [-0.2, 0) is 22.6 Å².